The highest BCUT2D eigenvalue weighted by molar-refractivity contribution is 5.80. The zero-order chi connectivity index (χ0) is 17.5. The van der Waals surface area contributed by atoms with Crippen molar-refractivity contribution in [3.63, 3.8) is 0 Å². The van der Waals surface area contributed by atoms with Crippen LogP contribution in [-0.4, -0.2) is 31.7 Å². The Bertz CT molecular complexity index is 682. The number of ether oxygens (including phenoxy) is 1. The Morgan fingerprint density at radius 2 is 2.16 bits per heavy atom. The van der Waals surface area contributed by atoms with E-state index in [4.69, 9.17) is 9.15 Å². The van der Waals surface area contributed by atoms with Crippen molar-refractivity contribution < 1.29 is 9.15 Å². The Morgan fingerprint density at radius 3 is 2.96 bits per heavy atom. The zero-order valence-corrected chi connectivity index (χ0v) is 15.0. The van der Waals surface area contributed by atoms with Gasteiger partial charge in [0.2, 0.25) is 0 Å². The first-order chi connectivity index (χ1) is 12.3. The van der Waals surface area contributed by atoms with Crippen molar-refractivity contribution in [1.29, 1.82) is 0 Å². The number of benzene rings is 1. The van der Waals surface area contributed by atoms with Gasteiger partial charge in [-0.3, -0.25) is 4.99 Å². The van der Waals surface area contributed by atoms with Gasteiger partial charge in [-0.05, 0) is 31.5 Å². The molecule has 134 valence electrons. The highest BCUT2D eigenvalue weighted by Crippen LogP contribution is 2.35. The van der Waals surface area contributed by atoms with E-state index >= 15 is 0 Å². The van der Waals surface area contributed by atoms with Gasteiger partial charge in [0.05, 0.1) is 12.9 Å². The zero-order valence-electron chi connectivity index (χ0n) is 15.0. The molecule has 1 aliphatic rings. The summed E-state index contributed by atoms with van der Waals surface area (Å²) in [6, 6.07) is 12.4. The Morgan fingerprint density at radius 1 is 1.28 bits per heavy atom. The van der Waals surface area contributed by atoms with Crippen LogP contribution in [0.5, 0.6) is 5.75 Å². The summed E-state index contributed by atoms with van der Waals surface area (Å²) in [4.78, 5) is 4.65. The number of aliphatic imine (C=N–C) groups is 1. The summed E-state index contributed by atoms with van der Waals surface area (Å²) in [5.41, 5.74) is 1.27. The lowest BCUT2D eigenvalue weighted by Gasteiger charge is -2.22. The second-order valence-corrected chi connectivity index (χ2v) is 6.37. The predicted molar refractivity (Wildman–Crippen MR) is 100 cm³/mol. The second-order valence-electron chi connectivity index (χ2n) is 6.37. The fraction of sp³-hybridized carbons (Fsp3) is 0.450. The standard InChI is InChI=1S/C20H27N3O2/c1-3-11-21-20(22-12-10-16-7-6-13-24-16)23-15(2)18-14-25-19-9-5-4-8-17(18)19/h4-9,13,15,18H,3,10-12,14H2,1-2H3,(H2,21,22,23). The van der Waals surface area contributed by atoms with Crippen LogP contribution in [0.25, 0.3) is 0 Å². The van der Waals surface area contributed by atoms with E-state index in [0.29, 0.717) is 12.5 Å². The van der Waals surface area contributed by atoms with Crippen molar-refractivity contribution in [2.75, 3.05) is 19.7 Å². The molecule has 2 heterocycles. The number of fused-ring (bicyclic) bond motifs is 1. The summed E-state index contributed by atoms with van der Waals surface area (Å²) in [7, 11) is 0. The molecule has 0 bridgehead atoms. The topological polar surface area (TPSA) is 58.8 Å². The molecule has 3 rings (SSSR count). The van der Waals surface area contributed by atoms with Gasteiger partial charge in [0.15, 0.2) is 5.96 Å². The molecule has 2 unspecified atom stereocenters. The van der Waals surface area contributed by atoms with E-state index in [1.165, 1.54) is 5.56 Å². The Balaban J connectivity index is 1.58. The van der Waals surface area contributed by atoms with E-state index in [1.807, 2.05) is 24.3 Å². The normalized spacial score (nSPS) is 17.7. The van der Waals surface area contributed by atoms with Crippen molar-refractivity contribution in [1.82, 2.24) is 10.6 Å². The highest BCUT2D eigenvalue weighted by Gasteiger charge is 2.29. The molecule has 0 spiro atoms. The minimum Gasteiger partial charge on any atom is -0.493 e. The molecule has 0 fully saturated rings. The maximum atomic E-state index is 5.81. The third kappa shape index (κ3) is 4.56. The molecule has 0 saturated carbocycles. The number of nitrogens with one attached hydrogen (secondary N) is 2. The second kappa shape index (κ2) is 8.60. The highest BCUT2D eigenvalue weighted by atomic mass is 16.5. The smallest absolute Gasteiger partial charge is 0.191 e. The molecule has 2 aromatic rings. The van der Waals surface area contributed by atoms with Crippen molar-refractivity contribution in [2.45, 2.75) is 38.6 Å². The molecule has 5 nitrogen and oxygen atoms in total. The first-order valence-electron chi connectivity index (χ1n) is 9.07. The minimum atomic E-state index is 0.232. The molecule has 0 saturated heterocycles. The first kappa shape index (κ1) is 17.4. The molecule has 0 amide bonds. The van der Waals surface area contributed by atoms with E-state index < -0.39 is 0 Å². The van der Waals surface area contributed by atoms with Crippen LogP contribution in [0.1, 0.15) is 37.5 Å². The molecule has 0 radical (unpaired) electrons. The molecule has 1 aromatic carbocycles. The largest absolute Gasteiger partial charge is 0.493 e. The van der Waals surface area contributed by atoms with Crippen LogP contribution in [-0.2, 0) is 6.42 Å². The maximum absolute atomic E-state index is 5.81. The lowest BCUT2D eigenvalue weighted by Crippen LogP contribution is -2.45. The first-order valence-corrected chi connectivity index (χ1v) is 9.07. The summed E-state index contributed by atoms with van der Waals surface area (Å²) in [6.45, 7) is 6.62. The van der Waals surface area contributed by atoms with Crippen LogP contribution < -0.4 is 15.4 Å². The summed E-state index contributed by atoms with van der Waals surface area (Å²) < 4.78 is 11.2. The predicted octanol–water partition coefficient (Wildman–Crippen LogP) is 3.33. The monoisotopic (exact) mass is 341 g/mol. The van der Waals surface area contributed by atoms with E-state index in [-0.39, 0.29) is 6.04 Å². The average Bonchev–Trinajstić information content (AvgIpc) is 3.28. The van der Waals surface area contributed by atoms with Gasteiger partial charge in [-0.25, -0.2) is 0 Å². The summed E-state index contributed by atoms with van der Waals surface area (Å²) in [5.74, 6) is 3.16. The molecule has 1 aliphatic heterocycles. The molecule has 2 atom stereocenters. The van der Waals surface area contributed by atoms with Gasteiger partial charge in [-0.15, -0.1) is 0 Å². The third-order valence-electron chi connectivity index (χ3n) is 4.44. The molecule has 1 aromatic heterocycles. The quantitative estimate of drug-likeness (QED) is 0.599. The number of furan rings is 1. The van der Waals surface area contributed by atoms with Crippen LogP contribution in [0, 0.1) is 0 Å². The van der Waals surface area contributed by atoms with Crippen molar-refractivity contribution in [3.8, 4) is 5.75 Å². The van der Waals surface area contributed by atoms with Gasteiger partial charge < -0.3 is 19.8 Å². The van der Waals surface area contributed by atoms with Crippen LogP contribution in [0.3, 0.4) is 0 Å². The average molecular weight is 341 g/mol. The molecular weight excluding hydrogens is 314 g/mol. The third-order valence-corrected chi connectivity index (χ3v) is 4.44. The van der Waals surface area contributed by atoms with Gasteiger partial charge in [0, 0.05) is 37.0 Å². The SMILES string of the molecule is CCCN=C(NCCc1ccco1)NC(C)C1COc2ccccc21. The maximum Gasteiger partial charge on any atom is 0.191 e. The summed E-state index contributed by atoms with van der Waals surface area (Å²) in [5, 5.41) is 6.95. The number of nitrogens with zero attached hydrogens (tertiary/aromatic N) is 1. The fourth-order valence-corrected chi connectivity index (χ4v) is 3.05. The van der Waals surface area contributed by atoms with Crippen molar-refractivity contribution in [2.24, 2.45) is 4.99 Å². The minimum absolute atomic E-state index is 0.232. The van der Waals surface area contributed by atoms with E-state index in [1.54, 1.807) is 6.26 Å². The van der Waals surface area contributed by atoms with Crippen LogP contribution in [0.15, 0.2) is 52.1 Å². The molecular formula is C20H27N3O2. The fourth-order valence-electron chi connectivity index (χ4n) is 3.05. The Labute approximate surface area is 149 Å². The van der Waals surface area contributed by atoms with Gasteiger partial charge in [-0.1, -0.05) is 25.1 Å². The summed E-state index contributed by atoms with van der Waals surface area (Å²) >= 11 is 0. The van der Waals surface area contributed by atoms with Crippen molar-refractivity contribution in [3.05, 3.63) is 54.0 Å². The summed E-state index contributed by atoms with van der Waals surface area (Å²) in [6.07, 6.45) is 3.57. The van der Waals surface area contributed by atoms with Crippen LogP contribution in [0.2, 0.25) is 0 Å². The van der Waals surface area contributed by atoms with Crippen molar-refractivity contribution >= 4 is 5.96 Å². The molecule has 5 heteroatoms. The number of rotatable bonds is 7. The van der Waals surface area contributed by atoms with Gasteiger partial charge in [-0.2, -0.15) is 0 Å². The molecule has 25 heavy (non-hydrogen) atoms. The molecule has 0 aliphatic carbocycles. The lowest BCUT2D eigenvalue weighted by molar-refractivity contribution is 0.312. The van der Waals surface area contributed by atoms with Gasteiger partial charge in [0.25, 0.3) is 0 Å². The van der Waals surface area contributed by atoms with Gasteiger partial charge in [0.1, 0.15) is 11.5 Å². The Kier molecular flexibility index (Phi) is 5.99. The molecule has 2 N–H and O–H groups in total. The number of guanidine groups is 1. The Hall–Kier alpha value is -2.43. The lowest BCUT2D eigenvalue weighted by atomic mass is 9.94. The van der Waals surface area contributed by atoms with Crippen LogP contribution >= 0.6 is 0 Å². The van der Waals surface area contributed by atoms with E-state index in [9.17, 15) is 0 Å². The number of para-hydroxylation sites is 1. The number of hydrogen-bond donors (Lipinski definition) is 2. The van der Waals surface area contributed by atoms with Crippen LogP contribution in [0.4, 0.5) is 0 Å². The van der Waals surface area contributed by atoms with E-state index in [0.717, 1.165) is 43.4 Å². The number of hydrogen-bond acceptors (Lipinski definition) is 3. The van der Waals surface area contributed by atoms with Gasteiger partial charge >= 0.3 is 0 Å². The van der Waals surface area contributed by atoms with E-state index in [2.05, 4.69) is 41.6 Å².